The van der Waals surface area contributed by atoms with E-state index in [1.54, 1.807) is 5.38 Å². The second-order valence-electron chi connectivity index (χ2n) is 6.33. The third kappa shape index (κ3) is 4.14. The van der Waals surface area contributed by atoms with Crippen LogP contribution in [0.25, 0.3) is 10.8 Å². The summed E-state index contributed by atoms with van der Waals surface area (Å²) in [6, 6.07) is 0. The maximum atomic E-state index is 12.2. The van der Waals surface area contributed by atoms with Gasteiger partial charge in [0.05, 0.1) is 0 Å². The number of aromatic nitrogens is 4. The van der Waals surface area contributed by atoms with Gasteiger partial charge in [-0.3, -0.25) is 9.89 Å². The lowest BCUT2D eigenvalue weighted by atomic mass is 9.92. The Morgan fingerprint density at radius 2 is 2.22 bits per heavy atom. The van der Waals surface area contributed by atoms with Crippen LogP contribution >= 0.6 is 11.3 Å². The summed E-state index contributed by atoms with van der Waals surface area (Å²) in [5.41, 5.74) is 0.432. The molecule has 2 atom stereocenters. The van der Waals surface area contributed by atoms with Crippen LogP contribution in [0.1, 0.15) is 30.8 Å². The van der Waals surface area contributed by atoms with Crippen LogP contribution in [-0.2, 0) is 0 Å². The van der Waals surface area contributed by atoms with E-state index in [1.807, 2.05) is 0 Å². The summed E-state index contributed by atoms with van der Waals surface area (Å²) < 4.78 is 0. The molecule has 23 heavy (non-hydrogen) atoms. The Bertz CT molecular complexity index is 630. The highest BCUT2D eigenvalue weighted by molar-refractivity contribution is 7.13. The van der Waals surface area contributed by atoms with Crippen molar-refractivity contribution in [1.29, 1.82) is 0 Å². The van der Waals surface area contributed by atoms with E-state index in [0.717, 1.165) is 31.5 Å². The highest BCUT2D eigenvalue weighted by Crippen LogP contribution is 2.21. The molecule has 2 aromatic rings. The summed E-state index contributed by atoms with van der Waals surface area (Å²) >= 11 is 1.38. The van der Waals surface area contributed by atoms with Gasteiger partial charge in [0, 0.05) is 31.6 Å². The van der Waals surface area contributed by atoms with Crippen molar-refractivity contribution in [2.45, 2.75) is 20.3 Å². The molecule has 1 fully saturated rings. The normalized spacial score (nSPS) is 22.2. The molecule has 124 valence electrons. The highest BCUT2D eigenvalue weighted by Gasteiger charge is 2.21. The SMILES string of the molecule is C[C@H]1C[C@H](C)CN(CCNC(=O)c2csc(-c3ncn[nH]3)n2)C1. The predicted octanol–water partition coefficient (Wildman–Crippen LogP) is 1.64. The van der Waals surface area contributed by atoms with Crippen LogP contribution in [-0.4, -0.2) is 57.2 Å². The number of likely N-dealkylation sites (tertiary alicyclic amines) is 1. The third-order valence-corrected chi connectivity index (χ3v) is 4.86. The second-order valence-corrected chi connectivity index (χ2v) is 7.19. The molecular formula is C15H22N6OS. The first-order chi connectivity index (χ1) is 11.1. The van der Waals surface area contributed by atoms with Gasteiger partial charge in [-0.2, -0.15) is 5.10 Å². The van der Waals surface area contributed by atoms with Gasteiger partial charge in [-0.15, -0.1) is 11.3 Å². The van der Waals surface area contributed by atoms with Crippen LogP contribution < -0.4 is 5.32 Å². The first-order valence-corrected chi connectivity index (χ1v) is 8.81. The Hall–Kier alpha value is -1.80. The summed E-state index contributed by atoms with van der Waals surface area (Å²) in [6.45, 7) is 8.36. The number of hydrogen-bond acceptors (Lipinski definition) is 6. The zero-order chi connectivity index (χ0) is 16.2. The fourth-order valence-electron chi connectivity index (χ4n) is 3.19. The first-order valence-electron chi connectivity index (χ1n) is 7.93. The van der Waals surface area contributed by atoms with Gasteiger partial charge in [-0.25, -0.2) is 9.97 Å². The molecule has 0 aromatic carbocycles. The van der Waals surface area contributed by atoms with Crippen LogP contribution in [0.3, 0.4) is 0 Å². The molecule has 7 nitrogen and oxygen atoms in total. The maximum absolute atomic E-state index is 12.2. The molecule has 2 aromatic heterocycles. The van der Waals surface area contributed by atoms with E-state index in [1.165, 1.54) is 24.1 Å². The zero-order valence-corrected chi connectivity index (χ0v) is 14.3. The van der Waals surface area contributed by atoms with Gasteiger partial charge < -0.3 is 10.2 Å². The number of carbonyl (C=O) groups is 1. The van der Waals surface area contributed by atoms with Crippen molar-refractivity contribution in [3.63, 3.8) is 0 Å². The van der Waals surface area contributed by atoms with Crippen molar-refractivity contribution >= 4 is 17.2 Å². The van der Waals surface area contributed by atoms with Crippen LogP contribution in [0.15, 0.2) is 11.7 Å². The average molecular weight is 334 g/mol. The van der Waals surface area contributed by atoms with Gasteiger partial charge in [0.25, 0.3) is 5.91 Å². The van der Waals surface area contributed by atoms with Crippen molar-refractivity contribution in [2.75, 3.05) is 26.2 Å². The minimum atomic E-state index is -0.134. The number of H-pyrrole nitrogens is 1. The van der Waals surface area contributed by atoms with E-state index in [4.69, 9.17) is 0 Å². The van der Waals surface area contributed by atoms with E-state index in [9.17, 15) is 4.79 Å². The Labute approximate surface area is 139 Å². The number of hydrogen-bond donors (Lipinski definition) is 2. The maximum Gasteiger partial charge on any atom is 0.270 e. The molecule has 0 bridgehead atoms. The number of nitrogens with zero attached hydrogens (tertiary/aromatic N) is 4. The summed E-state index contributed by atoms with van der Waals surface area (Å²) in [5.74, 6) is 1.92. The third-order valence-electron chi connectivity index (χ3n) is 4.01. The summed E-state index contributed by atoms with van der Waals surface area (Å²) in [7, 11) is 0. The minimum Gasteiger partial charge on any atom is -0.349 e. The van der Waals surface area contributed by atoms with Crippen LogP contribution in [0.2, 0.25) is 0 Å². The summed E-state index contributed by atoms with van der Waals surface area (Å²) in [6.07, 6.45) is 2.73. The van der Waals surface area contributed by atoms with Crippen molar-refractivity contribution < 1.29 is 4.79 Å². The monoisotopic (exact) mass is 334 g/mol. The molecule has 8 heteroatoms. The van der Waals surface area contributed by atoms with Crippen LogP contribution in [0, 0.1) is 11.8 Å². The molecule has 2 N–H and O–H groups in total. The molecule has 0 saturated carbocycles. The molecule has 1 aliphatic rings. The lowest BCUT2D eigenvalue weighted by Crippen LogP contribution is -2.42. The fourth-order valence-corrected chi connectivity index (χ4v) is 3.93. The number of rotatable bonds is 5. The number of thiazole rings is 1. The zero-order valence-electron chi connectivity index (χ0n) is 13.5. The lowest BCUT2D eigenvalue weighted by Gasteiger charge is -2.34. The van der Waals surface area contributed by atoms with Crippen LogP contribution in [0.5, 0.6) is 0 Å². The molecule has 3 heterocycles. The topological polar surface area (TPSA) is 86.8 Å². The number of piperidine rings is 1. The van der Waals surface area contributed by atoms with Gasteiger partial charge in [0.15, 0.2) is 10.8 Å². The quantitative estimate of drug-likeness (QED) is 0.868. The van der Waals surface area contributed by atoms with Gasteiger partial charge in [-0.1, -0.05) is 13.8 Å². The molecule has 0 aliphatic carbocycles. The molecule has 1 saturated heterocycles. The number of nitrogens with one attached hydrogen (secondary N) is 2. The molecule has 0 spiro atoms. The van der Waals surface area contributed by atoms with Crippen LogP contribution in [0.4, 0.5) is 0 Å². The smallest absolute Gasteiger partial charge is 0.270 e. The van der Waals surface area contributed by atoms with Gasteiger partial charge in [-0.05, 0) is 18.3 Å². The van der Waals surface area contributed by atoms with E-state index < -0.39 is 0 Å². The van der Waals surface area contributed by atoms with Crippen molar-refractivity contribution in [1.82, 2.24) is 30.4 Å². The minimum absolute atomic E-state index is 0.134. The summed E-state index contributed by atoms with van der Waals surface area (Å²) in [5, 5.41) is 11.9. The average Bonchev–Trinajstić information content (AvgIpc) is 3.17. The first kappa shape index (κ1) is 16.1. The number of amides is 1. The Kier molecular flexibility index (Phi) is 5.02. The molecular weight excluding hydrogens is 312 g/mol. The Morgan fingerprint density at radius 1 is 1.43 bits per heavy atom. The van der Waals surface area contributed by atoms with Crippen molar-refractivity contribution in [2.24, 2.45) is 11.8 Å². The molecule has 0 radical (unpaired) electrons. The van der Waals surface area contributed by atoms with E-state index >= 15 is 0 Å². The molecule has 1 aliphatic heterocycles. The van der Waals surface area contributed by atoms with Gasteiger partial charge >= 0.3 is 0 Å². The Morgan fingerprint density at radius 3 is 2.91 bits per heavy atom. The van der Waals surface area contributed by atoms with E-state index in [-0.39, 0.29) is 5.91 Å². The van der Waals surface area contributed by atoms with Gasteiger partial charge in [0.1, 0.15) is 12.0 Å². The molecule has 3 rings (SSSR count). The fraction of sp³-hybridized carbons (Fsp3) is 0.600. The standard InChI is InChI=1S/C15H22N6OS/c1-10-5-11(2)7-21(6-10)4-3-16-14(22)12-8-23-15(19-12)13-17-9-18-20-13/h8-11H,3-7H2,1-2H3,(H,16,22)(H,17,18,20)/t10-,11-/m0/s1. The van der Waals surface area contributed by atoms with Crippen molar-refractivity contribution in [3.8, 4) is 10.8 Å². The van der Waals surface area contributed by atoms with Crippen molar-refractivity contribution in [3.05, 3.63) is 17.4 Å². The second kappa shape index (κ2) is 7.18. The summed E-state index contributed by atoms with van der Waals surface area (Å²) in [4.78, 5) is 22.9. The largest absolute Gasteiger partial charge is 0.349 e. The lowest BCUT2D eigenvalue weighted by molar-refractivity contribution is 0.0932. The number of carbonyl (C=O) groups excluding carboxylic acids is 1. The predicted molar refractivity (Wildman–Crippen MR) is 89.2 cm³/mol. The number of aromatic amines is 1. The van der Waals surface area contributed by atoms with Gasteiger partial charge in [0.2, 0.25) is 0 Å². The van der Waals surface area contributed by atoms with E-state index in [0.29, 0.717) is 23.1 Å². The highest BCUT2D eigenvalue weighted by atomic mass is 32.1. The Balaban J connectivity index is 1.48. The molecule has 1 amide bonds. The molecule has 0 unspecified atom stereocenters. The van der Waals surface area contributed by atoms with E-state index in [2.05, 4.69) is 44.2 Å².